The van der Waals surface area contributed by atoms with Crippen molar-refractivity contribution in [3.05, 3.63) is 64.1 Å². The summed E-state index contributed by atoms with van der Waals surface area (Å²) >= 11 is 3.46. The second kappa shape index (κ2) is 6.76. The fraction of sp³-hybridized carbons (Fsp3) is 0.294. The van der Waals surface area contributed by atoms with Crippen LogP contribution in [0.3, 0.4) is 0 Å². The molecule has 2 aromatic rings. The van der Waals surface area contributed by atoms with Crippen LogP contribution in [0.2, 0.25) is 0 Å². The van der Waals surface area contributed by atoms with Crippen LogP contribution in [0.5, 0.6) is 0 Å². The van der Waals surface area contributed by atoms with Gasteiger partial charge in [-0.15, -0.1) is 0 Å². The van der Waals surface area contributed by atoms with Crippen molar-refractivity contribution < 1.29 is 0 Å². The average molecular weight is 318 g/mol. The summed E-state index contributed by atoms with van der Waals surface area (Å²) in [6.07, 6.45) is 2.12. The Bertz CT molecular complexity index is 502. The molecule has 0 spiro atoms. The third-order valence-electron chi connectivity index (χ3n) is 3.23. The minimum Gasteiger partial charge on any atom is -0.382 e. The number of nitrogens with one attached hydrogen (secondary N) is 1. The summed E-state index contributed by atoms with van der Waals surface area (Å²) in [5, 5.41) is 3.54. The maximum Gasteiger partial charge on any atom is 0.0342 e. The molecule has 2 rings (SSSR count). The van der Waals surface area contributed by atoms with E-state index in [9.17, 15) is 0 Å². The first-order valence-corrected chi connectivity index (χ1v) is 7.56. The standard InChI is InChI=1S/C17H20BrN/c1-3-14-6-10-17(11-7-14)19-13(2)12-15-4-8-16(18)9-5-15/h4-11,13,19H,3,12H2,1-2H3. The number of hydrogen-bond donors (Lipinski definition) is 1. The molecule has 0 heterocycles. The van der Waals surface area contributed by atoms with Crippen LogP contribution in [-0.4, -0.2) is 6.04 Å². The Morgan fingerprint density at radius 2 is 1.53 bits per heavy atom. The Hall–Kier alpha value is -1.28. The average Bonchev–Trinajstić information content (AvgIpc) is 2.42. The van der Waals surface area contributed by atoms with Gasteiger partial charge in [-0.3, -0.25) is 0 Å². The maximum atomic E-state index is 3.54. The summed E-state index contributed by atoms with van der Waals surface area (Å²) in [6.45, 7) is 4.40. The number of hydrogen-bond acceptors (Lipinski definition) is 1. The smallest absolute Gasteiger partial charge is 0.0342 e. The Balaban J connectivity index is 1.92. The maximum absolute atomic E-state index is 3.54. The number of anilines is 1. The van der Waals surface area contributed by atoms with E-state index < -0.39 is 0 Å². The van der Waals surface area contributed by atoms with Gasteiger partial charge in [-0.25, -0.2) is 0 Å². The molecule has 0 aliphatic rings. The molecule has 2 heteroatoms. The van der Waals surface area contributed by atoms with E-state index in [4.69, 9.17) is 0 Å². The highest BCUT2D eigenvalue weighted by atomic mass is 79.9. The molecule has 1 nitrogen and oxygen atoms in total. The summed E-state index contributed by atoms with van der Waals surface area (Å²) < 4.78 is 1.13. The normalized spacial score (nSPS) is 12.2. The van der Waals surface area contributed by atoms with E-state index in [2.05, 4.69) is 83.6 Å². The van der Waals surface area contributed by atoms with Crippen LogP contribution in [0.4, 0.5) is 5.69 Å². The Kier molecular flexibility index (Phi) is 5.03. The number of halogens is 1. The lowest BCUT2D eigenvalue weighted by Gasteiger charge is -2.15. The van der Waals surface area contributed by atoms with Gasteiger partial charge in [0.1, 0.15) is 0 Å². The third kappa shape index (κ3) is 4.39. The third-order valence-corrected chi connectivity index (χ3v) is 3.76. The molecule has 0 radical (unpaired) electrons. The summed E-state index contributed by atoms with van der Waals surface area (Å²) in [4.78, 5) is 0. The van der Waals surface area contributed by atoms with Crippen molar-refractivity contribution in [2.45, 2.75) is 32.7 Å². The van der Waals surface area contributed by atoms with Crippen molar-refractivity contribution in [3.8, 4) is 0 Å². The molecule has 0 amide bonds. The molecule has 0 aromatic heterocycles. The van der Waals surface area contributed by atoms with Crippen molar-refractivity contribution in [1.82, 2.24) is 0 Å². The zero-order chi connectivity index (χ0) is 13.7. The van der Waals surface area contributed by atoms with Gasteiger partial charge in [-0.05, 0) is 55.2 Å². The SMILES string of the molecule is CCc1ccc(NC(C)Cc2ccc(Br)cc2)cc1. The summed E-state index contributed by atoms with van der Waals surface area (Å²) in [5.41, 5.74) is 3.93. The molecular formula is C17H20BrN. The predicted molar refractivity (Wildman–Crippen MR) is 86.8 cm³/mol. The molecule has 2 aromatic carbocycles. The monoisotopic (exact) mass is 317 g/mol. The van der Waals surface area contributed by atoms with Crippen LogP contribution in [0, 0.1) is 0 Å². The zero-order valence-electron chi connectivity index (χ0n) is 11.5. The van der Waals surface area contributed by atoms with Gasteiger partial charge in [0.05, 0.1) is 0 Å². The lowest BCUT2D eigenvalue weighted by Crippen LogP contribution is -2.17. The van der Waals surface area contributed by atoms with E-state index in [1.54, 1.807) is 0 Å². The van der Waals surface area contributed by atoms with E-state index in [1.165, 1.54) is 16.8 Å². The fourth-order valence-corrected chi connectivity index (χ4v) is 2.41. The van der Waals surface area contributed by atoms with Gasteiger partial charge in [0.2, 0.25) is 0 Å². The van der Waals surface area contributed by atoms with Gasteiger partial charge < -0.3 is 5.32 Å². The first-order valence-electron chi connectivity index (χ1n) is 6.77. The molecule has 1 unspecified atom stereocenters. The topological polar surface area (TPSA) is 12.0 Å². The predicted octanol–water partition coefficient (Wildman–Crippen LogP) is 5.05. The molecule has 0 saturated heterocycles. The first kappa shape index (κ1) is 14.1. The molecule has 0 bridgehead atoms. The quantitative estimate of drug-likeness (QED) is 0.813. The minimum absolute atomic E-state index is 0.425. The van der Waals surface area contributed by atoms with Gasteiger partial charge in [-0.1, -0.05) is 47.1 Å². The van der Waals surface area contributed by atoms with Gasteiger partial charge in [0.15, 0.2) is 0 Å². The number of aryl methyl sites for hydroxylation is 1. The van der Waals surface area contributed by atoms with Crippen LogP contribution in [-0.2, 0) is 12.8 Å². The number of benzene rings is 2. The van der Waals surface area contributed by atoms with Gasteiger partial charge >= 0.3 is 0 Å². The highest BCUT2D eigenvalue weighted by Gasteiger charge is 2.03. The van der Waals surface area contributed by atoms with E-state index >= 15 is 0 Å². The van der Waals surface area contributed by atoms with Crippen molar-refractivity contribution >= 4 is 21.6 Å². The van der Waals surface area contributed by atoms with Gasteiger partial charge in [-0.2, -0.15) is 0 Å². The summed E-state index contributed by atoms with van der Waals surface area (Å²) in [5.74, 6) is 0. The molecular weight excluding hydrogens is 298 g/mol. The molecule has 0 aliphatic carbocycles. The second-order valence-corrected chi connectivity index (χ2v) is 5.84. The Labute approximate surface area is 124 Å². The lowest BCUT2D eigenvalue weighted by molar-refractivity contribution is 0.790. The van der Waals surface area contributed by atoms with E-state index in [1.807, 2.05) is 0 Å². The van der Waals surface area contributed by atoms with Gasteiger partial charge in [0.25, 0.3) is 0 Å². The van der Waals surface area contributed by atoms with E-state index in [0.717, 1.165) is 17.3 Å². The van der Waals surface area contributed by atoms with Crippen molar-refractivity contribution in [3.63, 3.8) is 0 Å². The Morgan fingerprint density at radius 3 is 2.11 bits per heavy atom. The molecule has 0 aliphatic heterocycles. The van der Waals surface area contributed by atoms with Crippen LogP contribution >= 0.6 is 15.9 Å². The summed E-state index contributed by atoms with van der Waals surface area (Å²) in [6, 6.07) is 17.7. The summed E-state index contributed by atoms with van der Waals surface area (Å²) in [7, 11) is 0. The zero-order valence-corrected chi connectivity index (χ0v) is 13.1. The second-order valence-electron chi connectivity index (χ2n) is 4.93. The highest BCUT2D eigenvalue weighted by molar-refractivity contribution is 9.10. The van der Waals surface area contributed by atoms with Crippen molar-refractivity contribution in [2.75, 3.05) is 5.32 Å². The van der Waals surface area contributed by atoms with E-state index in [0.29, 0.717) is 6.04 Å². The molecule has 1 atom stereocenters. The molecule has 1 N–H and O–H groups in total. The molecule has 0 saturated carbocycles. The molecule has 100 valence electrons. The molecule has 19 heavy (non-hydrogen) atoms. The van der Waals surface area contributed by atoms with Crippen LogP contribution in [0.25, 0.3) is 0 Å². The van der Waals surface area contributed by atoms with Crippen LogP contribution < -0.4 is 5.32 Å². The van der Waals surface area contributed by atoms with Crippen LogP contribution in [0.15, 0.2) is 53.0 Å². The van der Waals surface area contributed by atoms with Crippen molar-refractivity contribution in [2.24, 2.45) is 0 Å². The van der Waals surface area contributed by atoms with Crippen molar-refractivity contribution in [1.29, 1.82) is 0 Å². The lowest BCUT2D eigenvalue weighted by atomic mass is 10.1. The van der Waals surface area contributed by atoms with Crippen LogP contribution in [0.1, 0.15) is 25.0 Å². The van der Waals surface area contributed by atoms with Gasteiger partial charge in [0, 0.05) is 16.2 Å². The largest absolute Gasteiger partial charge is 0.382 e. The minimum atomic E-state index is 0.425. The van der Waals surface area contributed by atoms with E-state index in [-0.39, 0.29) is 0 Å². The Morgan fingerprint density at radius 1 is 0.947 bits per heavy atom. The highest BCUT2D eigenvalue weighted by Crippen LogP contribution is 2.15. The molecule has 0 fully saturated rings. The number of rotatable bonds is 5. The fourth-order valence-electron chi connectivity index (χ4n) is 2.15. The first-order chi connectivity index (χ1) is 9.17.